The number of fused-ring (bicyclic) bond motifs is 11. The monoisotopic (exact) mass is 692 g/mol. The van der Waals surface area contributed by atoms with Gasteiger partial charge in [-0.25, -0.2) is 0 Å². The molecule has 0 atom stereocenters. The second kappa shape index (κ2) is 10.9. The minimum atomic E-state index is 0.914. The van der Waals surface area contributed by atoms with Crippen molar-refractivity contribution >= 4 is 97.6 Å². The maximum absolute atomic E-state index is 6.87. The van der Waals surface area contributed by atoms with Crippen molar-refractivity contribution in [1.82, 2.24) is 0 Å². The molecule has 2 nitrogen and oxygen atoms in total. The highest BCUT2D eigenvalue weighted by Crippen LogP contribution is 2.48. The zero-order chi connectivity index (χ0) is 34.6. The van der Waals surface area contributed by atoms with Gasteiger partial charge < -0.3 is 8.83 Å². The first kappa shape index (κ1) is 29.0. The summed E-state index contributed by atoms with van der Waals surface area (Å²) in [6.07, 6.45) is 0. The molecule has 0 aliphatic heterocycles. The fourth-order valence-electron chi connectivity index (χ4n) is 8.67. The normalized spacial score (nSPS) is 12.2. The Morgan fingerprint density at radius 2 is 0.981 bits per heavy atom. The van der Waals surface area contributed by atoms with Gasteiger partial charge in [0.05, 0.1) is 0 Å². The summed E-state index contributed by atoms with van der Waals surface area (Å²) >= 11 is 1.84. The zero-order valence-electron chi connectivity index (χ0n) is 28.4. The molecule has 3 heteroatoms. The van der Waals surface area contributed by atoms with Crippen LogP contribution in [0.25, 0.3) is 119 Å². The van der Waals surface area contributed by atoms with E-state index in [0.29, 0.717) is 0 Å². The minimum absolute atomic E-state index is 0.914. The summed E-state index contributed by atoms with van der Waals surface area (Å²) in [6, 6.07) is 61.3. The van der Waals surface area contributed by atoms with Gasteiger partial charge in [0, 0.05) is 47.6 Å². The lowest BCUT2D eigenvalue weighted by Gasteiger charge is -2.18. The van der Waals surface area contributed by atoms with Crippen molar-refractivity contribution in [2.45, 2.75) is 0 Å². The highest BCUT2D eigenvalue weighted by atomic mass is 32.1. The minimum Gasteiger partial charge on any atom is -0.455 e. The van der Waals surface area contributed by atoms with Crippen molar-refractivity contribution in [1.29, 1.82) is 0 Å². The largest absolute Gasteiger partial charge is 0.455 e. The second-order valence-electron chi connectivity index (χ2n) is 14.0. The lowest BCUT2D eigenvalue weighted by atomic mass is 9.85. The highest BCUT2D eigenvalue weighted by molar-refractivity contribution is 7.22. The van der Waals surface area contributed by atoms with Crippen molar-refractivity contribution in [2.24, 2.45) is 0 Å². The summed E-state index contributed by atoms with van der Waals surface area (Å²) in [4.78, 5) is 1.27. The predicted octanol–water partition coefficient (Wildman–Crippen LogP) is 15.2. The first-order valence-corrected chi connectivity index (χ1v) is 18.8. The fourth-order valence-corrected chi connectivity index (χ4v) is 9.76. The molecule has 0 aliphatic carbocycles. The molecule has 0 fully saturated rings. The third-order valence-corrected chi connectivity index (χ3v) is 12.2. The van der Waals surface area contributed by atoms with Gasteiger partial charge in [0.25, 0.3) is 0 Å². The Bertz CT molecular complexity index is 3390. The van der Waals surface area contributed by atoms with Gasteiger partial charge in [-0.05, 0) is 91.5 Å². The second-order valence-corrected chi connectivity index (χ2v) is 15.0. The van der Waals surface area contributed by atoms with E-state index in [1.807, 2.05) is 23.5 Å². The molecule has 0 spiro atoms. The van der Waals surface area contributed by atoms with E-state index in [1.165, 1.54) is 58.8 Å². The Kier molecular flexibility index (Phi) is 5.96. The third-order valence-electron chi connectivity index (χ3n) is 11.0. The standard InChI is InChI=1S/C50H28O2S/c1-2-11-29(12-3-1)45-27-32-26-44-42(28-46(32)53-45)39-18-10-19-41(50(39)52-44)48-37-16-6-4-14-35(37)47(36-15-5-7-17-38(36)48)31-22-23-33-30(25-31)21-24-40-34-13-8-9-20-43(34)51-49(33)40/h1-28H. The van der Waals surface area contributed by atoms with E-state index < -0.39 is 0 Å². The van der Waals surface area contributed by atoms with Crippen LogP contribution >= 0.6 is 11.3 Å². The lowest BCUT2D eigenvalue weighted by molar-refractivity contribution is 0.670. The summed E-state index contributed by atoms with van der Waals surface area (Å²) < 4.78 is 14.5. The van der Waals surface area contributed by atoms with E-state index >= 15 is 0 Å². The summed E-state index contributed by atoms with van der Waals surface area (Å²) in [5.74, 6) is 0. The Balaban J connectivity index is 1.08. The smallest absolute Gasteiger partial charge is 0.143 e. The topological polar surface area (TPSA) is 26.3 Å². The average molecular weight is 693 g/mol. The SMILES string of the molecule is c1ccc(-c2cc3cc4oc5c(-c6c7ccccc7c(-c7ccc8c(ccc9c%10ccccc%10oc89)c7)c7ccccc67)cccc5c4cc3s2)cc1. The maximum Gasteiger partial charge on any atom is 0.143 e. The Morgan fingerprint density at radius 3 is 1.77 bits per heavy atom. The first-order chi connectivity index (χ1) is 26.3. The van der Waals surface area contributed by atoms with Gasteiger partial charge in [-0.15, -0.1) is 11.3 Å². The van der Waals surface area contributed by atoms with Crippen LogP contribution in [0.3, 0.4) is 0 Å². The van der Waals surface area contributed by atoms with E-state index in [2.05, 4.69) is 158 Å². The molecular formula is C50H28O2S. The molecule has 0 unspecified atom stereocenters. The molecule has 12 aromatic rings. The number of hydrogen-bond acceptors (Lipinski definition) is 3. The van der Waals surface area contributed by atoms with Gasteiger partial charge in [-0.1, -0.05) is 127 Å². The molecule has 3 heterocycles. The molecule has 53 heavy (non-hydrogen) atoms. The van der Waals surface area contributed by atoms with Crippen LogP contribution in [-0.2, 0) is 0 Å². The molecule has 3 aromatic heterocycles. The van der Waals surface area contributed by atoms with E-state index in [-0.39, 0.29) is 0 Å². The van der Waals surface area contributed by atoms with Gasteiger partial charge in [0.15, 0.2) is 0 Å². The lowest BCUT2D eigenvalue weighted by Crippen LogP contribution is -1.91. The van der Waals surface area contributed by atoms with Crippen molar-refractivity contribution < 1.29 is 8.83 Å². The highest BCUT2D eigenvalue weighted by Gasteiger charge is 2.21. The molecule has 0 saturated heterocycles. The molecule has 0 bridgehead atoms. The van der Waals surface area contributed by atoms with Gasteiger partial charge in [0.2, 0.25) is 0 Å². The number of para-hydroxylation sites is 2. The third kappa shape index (κ3) is 4.20. The number of thiophene rings is 1. The zero-order valence-corrected chi connectivity index (χ0v) is 29.2. The van der Waals surface area contributed by atoms with Crippen molar-refractivity contribution in [3.8, 4) is 32.7 Å². The first-order valence-electron chi connectivity index (χ1n) is 18.0. The van der Waals surface area contributed by atoms with Gasteiger partial charge in [-0.2, -0.15) is 0 Å². The number of hydrogen-bond donors (Lipinski definition) is 0. The summed E-state index contributed by atoms with van der Waals surface area (Å²) in [5.41, 5.74) is 9.66. The number of benzene rings is 9. The molecule has 0 N–H and O–H groups in total. The van der Waals surface area contributed by atoms with Crippen LogP contribution in [0.1, 0.15) is 0 Å². The molecule has 0 saturated carbocycles. The molecule has 0 radical (unpaired) electrons. The molecule has 0 aliphatic rings. The number of furan rings is 2. The van der Waals surface area contributed by atoms with E-state index in [0.717, 1.165) is 60.2 Å². The quantitative estimate of drug-likeness (QED) is 0.172. The van der Waals surface area contributed by atoms with Gasteiger partial charge >= 0.3 is 0 Å². The van der Waals surface area contributed by atoms with E-state index in [1.54, 1.807) is 0 Å². The predicted molar refractivity (Wildman–Crippen MR) is 225 cm³/mol. The van der Waals surface area contributed by atoms with E-state index in [9.17, 15) is 0 Å². The Labute approximate surface area is 307 Å². The van der Waals surface area contributed by atoms with Crippen LogP contribution in [0.5, 0.6) is 0 Å². The molecule has 9 aromatic carbocycles. The van der Waals surface area contributed by atoms with E-state index in [4.69, 9.17) is 8.83 Å². The van der Waals surface area contributed by atoms with Crippen LogP contribution in [-0.4, -0.2) is 0 Å². The molecule has 12 rings (SSSR count). The average Bonchev–Trinajstić information content (AvgIpc) is 3.92. The van der Waals surface area contributed by atoms with Crippen LogP contribution in [0.4, 0.5) is 0 Å². The number of rotatable bonds is 3. The molecular weight excluding hydrogens is 665 g/mol. The fraction of sp³-hybridized carbons (Fsp3) is 0. The van der Waals surface area contributed by atoms with Crippen LogP contribution < -0.4 is 0 Å². The molecule has 0 amide bonds. The van der Waals surface area contributed by atoms with Crippen LogP contribution in [0.15, 0.2) is 179 Å². The Morgan fingerprint density at radius 1 is 0.340 bits per heavy atom. The molecule has 246 valence electrons. The van der Waals surface area contributed by atoms with Crippen molar-refractivity contribution in [2.75, 3.05) is 0 Å². The van der Waals surface area contributed by atoms with Crippen LogP contribution in [0, 0.1) is 0 Å². The van der Waals surface area contributed by atoms with Crippen molar-refractivity contribution in [3.05, 3.63) is 170 Å². The Hall–Kier alpha value is -6.68. The summed E-state index contributed by atoms with van der Waals surface area (Å²) in [7, 11) is 0. The van der Waals surface area contributed by atoms with Gasteiger partial charge in [0.1, 0.15) is 22.3 Å². The van der Waals surface area contributed by atoms with Crippen LogP contribution in [0.2, 0.25) is 0 Å². The summed E-state index contributed by atoms with van der Waals surface area (Å²) in [5, 5.41) is 12.9. The van der Waals surface area contributed by atoms with Gasteiger partial charge in [-0.3, -0.25) is 0 Å². The maximum atomic E-state index is 6.87. The van der Waals surface area contributed by atoms with Crippen molar-refractivity contribution in [3.63, 3.8) is 0 Å². The summed E-state index contributed by atoms with van der Waals surface area (Å²) in [6.45, 7) is 0.